The van der Waals surface area contributed by atoms with Gasteiger partial charge in [-0.1, -0.05) is 12.1 Å². The van der Waals surface area contributed by atoms with Gasteiger partial charge in [0.2, 0.25) is 0 Å². The van der Waals surface area contributed by atoms with Crippen molar-refractivity contribution in [2.75, 3.05) is 17.7 Å². The number of amides is 1. The van der Waals surface area contributed by atoms with E-state index in [-0.39, 0.29) is 5.91 Å². The third-order valence-electron chi connectivity index (χ3n) is 2.73. The Labute approximate surface area is 139 Å². The first-order valence-corrected chi connectivity index (χ1v) is 7.89. The molecule has 0 aromatic heterocycles. The van der Waals surface area contributed by atoms with Crippen molar-refractivity contribution in [3.8, 4) is 5.75 Å². The molecule has 2 aromatic carbocycles. The molecule has 21 heavy (non-hydrogen) atoms. The van der Waals surface area contributed by atoms with Gasteiger partial charge in [-0.3, -0.25) is 4.79 Å². The van der Waals surface area contributed by atoms with Crippen molar-refractivity contribution < 1.29 is 9.53 Å². The molecule has 0 radical (unpaired) electrons. The average Bonchev–Trinajstić information content (AvgIpc) is 2.43. The Bertz CT molecular complexity index is 651. The number of anilines is 2. The molecule has 0 bridgehead atoms. The number of carbonyl (C=O) groups is 1. The van der Waals surface area contributed by atoms with Gasteiger partial charge in [-0.25, -0.2) is 0 Å². The van der Waals surface area contributed by atoms with E-state index in [4.69, 9.17) is 10.5 Å². The first kappa shape index (κ1) is 15.9. The Morgan fingerprint density at radius 3 is 2.48 bits per heavy atom. The van der Waals surface area contributed by atoms with Crippen LogP contribution in [0.1, 0.15) is 17.3 Å². The van der Waals surface area contributed by atoms with E-state index < -0.39 is 0 Å². The molecule has 2 aromatic rings. The summed E-state index contributed by atoms with van der Waals surface area (Å²) < 4.78 is 6.88. The minimum absolute atomic E-state index is 0.245. The van der Waals surface area contributed by atoms with Gasteiger partial charge in [0.1, 0.15) is 5.75 Å². The summed E-state index contributed by atoms with van der Waals surface area (Å²) in [6, 6.07) is 10.6. The van der Waals surface area contributed by atoms with Crippen LogP contribution in [0.15, 0.2) is 45.3 Å². The lowest BCUT2D eigenvalue weighted by Crippen LogP contribution is -2.14. The van der Waals surface area contributed by atoms with Crippen molar-refractivity contribution in [2.24, 2.45) is 0 Å². The number of para-hydroxylation sites is 1. The summed E-state index contributed by atoms with van der Waals surface area (Å²) in [6.45, 7) is 2.38. The molecule has 110 valence electrons. The maximum atomic E-state index is 12.4. The molecule has 0 saturated carbocycles. The van der Waals surface area contributed by atoms with Gasteiger partial charge in [0.15, 0.2) is 0 Å². The highest BCUT2D eigenvalue weighted by atomic mass is 79.9. The molecule has 0 spiro atoms. The van der Waals surface area contributed by atoms with Crippen LogP contribution in [0.5, 0.6) is 5.75 Å². The largest absolute Gasteiger partial charge is 0.493 e. The van der Waals surface area contributed by atoms with Crippen molar-refractivity contribution in [3.63, 3.8) is 0 Å². The number of rotatable bonds is 4. The number of benzene rings is 2. The van der Waals surface area contributed by atoms with Crippen molar-refractivity contribution in [1.29, 1.82) is 0 Å². The summed E-state index contributed by atoms with van der Waals surface area (Å²) >= 11 is 6.78. The number of nitrogen functional groups attached to an aromatic ring is 1. The quantitative estimate of drug-likeness (QED) is 0.728. The van der Waals surface area contributed by atoms with Gasteiger partial charge in [0.05, 0.1) is 17.9 Å². The molecule has 4 nitrogen and oxygen atoms in total. The van der Waals surface area contributed by atoms with Gasteiger partial charge in [0.25, 0.3) is 5.91 Å². The highest BCUT2D eigenvalue weighted by molar-refractivity contribution is 9.11. The van der Waals surface area contributed by atoms with Crippen molar-refractivity contribution in [1.82, 2.24) is 0 Å². The van der Waals surface area contributed by atoms with Gasteiger partial charge in [-0.2, -0.15) is 0 Å². The minimum Gasteiger partial charge on any atom is -0.493 e. The molecule has 2 rings (SSSR count). The summed E-state index contributed by atoms with van der Waals surface area (Å²) in [6.07, 6.45) is 0. The van der Waals surface area contributed by atoms with Crippen LogP contribution in [0, 0.1) is 0 Å². The fourth-order valence-corrected chi connectivity index (χ4v) is 3.25. The number of hydrogen-bond acceptors (Lipinski definition) is 3. The minimum atomic E-state index is -0.245. The zero-order valence-electron chi connectivity index (χ0n) is 11.3. The van der Waals surface area contributed by atoms with Crippen LogP contribution in [0.2, 0.25) is 0 Å². The molecule has 0 atom stereocenters. The Kier molecular flexibility index (Phi) is 5.25. The summed E-state index contributed by atoms with van der Waals surface area (Å²) in [4.78, 5) is 12.4. The number of carbonyl (C=O) groups excluding carboxylic acids is 1. The zero-order valence-corrected chi connectivity index (χ0v) is 14.5. The maximum Gasteiger partial charge on any atom is 0.259 e. The molecular weight excluding hydrogens is 400 g/mol. The summed E-state index contributed by atoms with van der Waals surface area (Å²) in [7, 11) is 0. The third-order valence-corrected chi connectivity index (χ3v) is 3.99. The average molecular weight is 414 g/mol. The highest BCUT2D eigenvalue weighted by Gasteiger charge is 2.15. The van der Waals surface area contributed by atoms with E-state index in [1.54, 1.807) is 30.3 Å². The number of nitrogens with one attached hydrogen (secondary N) is 1. The molecule has 0 unspecified atom stereocenters. The van der Waals surface area contributed by atoms with E-state index in [9.17, 15) is 4.79 Å². The number of halogens is 2. The molecule has 0 aliphatic heterocycles. The second-order valence-corrected chi connectivity index (χ2v) is 5.95. The molecule has 0 aliphatic rings. The number of ether oxygens (including phenoxy) is 1. The fraction of sp³-hybridized carbons (Fsp3) is 0.133. The van der Waals surface area contributed by atoms with Gasteiger partial charge < -0.3 is 15.8 Å². The van der Waals surface area contributed by atoms with Crippen molar-refractivity contribution in [3.05, 3.63) is 50.9 Å². The lowest BCUT2D eigenvalue weighted by molar-refractivity contribution is 0.102. The fourth-order valence-electron chi connectivity index (χ4n) is 1.83. The number of hydrogen-bond donors (Lipinski definition) is 2. The van der Waals surface area contributed by atoms with Gasteiger partial charge >= 0.3 is 0 Å². The van der Waals surface area contributed by atoms with E-state index in [1.165, 1.54) is 0 Å². The third kappa shape index (κ3) is 3.77. The van der Waals surface area contributed by atoms with E-state index >= 15 is 0 Å². The molecular formula is C15H14Br2N2O2. The van der Waals surface area contributed by atoms with Gasteiger partial charge in [-0.05, 0) is 63.0 Å². The van der Waals surface area contributed by atoms with E-state index in [1.807, 2.05) is 13.0 Å². The lowest BCUT2D eigenvalue weighted by atomic mass is 10.2. The van der Waals surface area contributed by atoms with Crippen LogP contribution in [-0.2, 0) is 0 Å². The van der Waals surface area contributed by atoms with Gasteiger partial charge in [0, 0.05) is 14.6 Å². The Balaban J connectivity index is 2.31. The predicted octanol–water partition coefficient (Wildman–Crippen LogP) is 4.44. The molecule has 0 fully saturated rings. The Morgan fingerprint density at radius 2 is 1.86 bits per heavy atom. The zero-order chi connectivity index (χ0) is 15.4. The maximum absolute atomic E-state index is 12.4. The molecule has 3 N–H and O–H groups in total. The predicted molar refractivity (Wildman–Crippen MR) is 91.8 cm³/mol. The lowest BCUT2D eigenvalue weighted by Gasteiger charge is -2.13. The molecule has 1 amide bonds. The van der Waals surface area contributed by atoms with E-state index in [2.05, 4.69) is 37.2 Å². The van der Waals surface area contributed by atoms with Crippen LogP contribution in [0.25, 0.3) is 0 Å². The standard InChI is InChI=1S/C15H14Br2N2O2/c1-2-21-13-6-4-3-5-10(13)15(20)19-14-11(16)7-9(18)8-12(14)17/h3-8H,2,18H2,1H3,(H,19,20). The molecule has 6 heteroatoms. The van der Waals surface area contributed by atoms with Crippen LogP contribution in [0.3, 0.4) is 0 Å². The van der Waals surface area contributed by atoms with E-state index in [0.717, 1.165) is 0 Å². The van der Waals surface area contributed by atoms with Crippen LogP contribution < -0.4 is 15.8 Å². The Hall–Kier alpha value is -1.53. The normalized spacial score (nSPS) is 10.2. The first-order chi connectivity index (χ1) is 10.0. The highest BCUT2D eigenvalue weighted by Crippen LogP contribution is 2.34. The topological polar surface area (TPSA) is 64.3 Å². The monoisotopic (exact) mass is 412 g/mol. The van der Waals surface area contributed by atoms with Crippen LogP contribution in [0.4, 0.5) is 11.4 Å². The van der Waals surface area contributed by atoms with E-state index in [0.29, 0.717) is 38.2 Å². The van der Waals surface area contributed by atoms with Crippen molar-refractivity contribution in [2.45, 2.75) is 6.92 Å². The summed E-state index contributed by atoms with van der Waals surface area (Å²) in [5.41, 5.74) is 7.45. The molecule has 0 aliphatic carbocycles. The van der Waals surface area contributed by atoms with Crippen molar-refractivity contribution >= 4 is 49.1 Å². The SMILES string of the molecule is CCOc1ccccc1C(=O)Nc1c(Br)cc(N)cc1Br. The van der Waals surface area contributed by atoms with Gasteiger partial charge in [-0.15, -0.1) is 0 Å². The second-order valence-electron chi connectivity index (χ2n) is 4.24. The second kappa shape index (κ2) is 6.95. The first-order valence-electron chi connectivity index (χ1n) is 6.30. The molecule has 0 saturated heterocycles. The molecule has 0 heterocycles. The van der Waals surface area contributed by atoms with Crippen LogP contribution >= 0.6 is 31.9 Å². The smallest absolute Gasteiger partial charge is 0.259 e. The number of nitrogens with two attached hydrogens (primary N) is 1. The van der Waals surface area contributed by atoms with Crippen LogP contribution in [-0.4, -0.2) is 12.5 Å². The summed E-state index contributed by atoms with van der Waals surface area (Å²) in [5.74, 6) is 0.311. The Morgan fingerprint density at radius 1 is 1.24 bits per heavy atom. The summed E-state index contributed by atoms with van der Waals surface area (Å²) in [5, 5.41) is 2.85.